The summed E-state index contributed by atoms with van der Waals surface area (Å²) < 4.78 is 0. The average Bonchev–Trinajstić information content (AvgIpc) is 3.49. The topological polar surface area (TPSA) is 3.24 Å². The van der Waals surface area contributed by atoms with Gasteiger partial charge in [0.05, 0.1) is 0 Å². The minimum absolute atomic E-state index is 0.0942. The van der Waals surface area contributed by atoms with E-state index >= 15 is 0 Å². The lowest BCUT2D eigenvalue weighted by Gasteiger charge is -2.30. The van der Waals surface area contributed by atoms with Crippen molar-refractivity contribution in [2.45, 2.75) is 57.3 Å². The molecule has 1 nitrogen and oxygen atoms in total. The predicted octanol–water partition coefficient (Wildman–Crippen LogP) is 15.7. The van der Waals surface area contributed by atoms with Crippen molar-refractivity contribution >= 4 is 27.8 Å². The van der Waals surface area contributed by atoms with Crippen molar-refractivity contribution in [3.05, 3.63) is 199 Å². The third-order valence-corrected chi connectivity index (χ3v) is 12.7. The molecule has 0 bridgehead atoms. The van der Waals surface area contributed by atoms with Crippen molar-refractivity contribution < 1.29 is 0 Å². The second-order valence-electron chi connectivity index (χ2n) is 16.3. The van der Waals surface area contributed by atoms with Crippen molar-refractivity contribution in [2.24, 2.45) is 0 Å². The Kier molecular flexibility index (Phi) is 8.67. The summed E-state index contributed by atoms with van der Waals surface area (Å²) in [7, 11) is 0. The van der Waals surface area contributed by atoms with Gasteiger partial charge in [0, 0.05) is 22.5 Å². The number of hydrogen-bond donors (Lipinski definition) is 0. The van der Waals surface area contributed by atoms with Gasteiger partial charge in [-0.3, -0.25) is 0 Å². The molecule has 272 valence electrons. The second-order valence-corrected chi connectivity index (χ2v) is 16.3. The van der Waals surface area contributed by atoms with Crippen LogP contribution in [0.2, 0.25) is 0 Å². The first-order valence-corrected chi connectivity index (χ1v) is 20.5. The molecule has 2 aliphatic rings. The number of benzene rings is 8. The first-order chi connectivity index (χ1) is 27.5. The van der Waals surface area contributed by atoms with E-state index in [9.17, 15) is 0 Å². The van der Waals surface area contributed by atoms with Crippen molar-refractivity contribution in [3.8, 4) is 44.5 Å². The summed E-state index contributed by atoms with van der Waals surface area (Å²) in [4.78, 5) is 2.52. The summed E-state index contributed by atoms with van der Waals surface area (Å²) in [5.74, 6) is 0.581. The summed E-state index contributed by atoms with van der Waals surface area (Å²) in [6.45, 7) is 4.76. The minimum atomic E-state index is -0.0942. The van der Waals surface area contributed by atoms with Crippen LogP contribution >= 0.6 is 0 Å². The first kappa shape index (κ1) is 34.3. The van der Waals surface area contributed by atoms with Gasteiger partial charge in [-0.2, -0.15) is 0 Å². The molecular weight excluding hydrogens is 675 g/mol. The van der Waals surface area contributed by atoms with Gasteiger partial charge in [0.1, 0.15) is 0 Å². The molecule has 0 radical (unpaired) electrons. The van der Waals surface area contributed by atoms with E-state index in [1.54, 1.807) is 0 Å². The molecular formula is C55H47N. The van der Waals surface area contributed by atoms with E-state index in [2.05, 4.69) is 201 Å². The predicted molar refractivity (Wildman–Crippen MR) is 238 cm³/mol. The molecule has 0 aromatic heterocycles. The highest BCUT2D eigenvalue weighted by Gasteiger charge is 2.36. The third-order valence-electron chi connectivity index (χ3n) is 12.7. The molecule has 8 aromatic carbocycles. The van der Waals surface area contributed by atoms with Gasteiger partial charge < -0.3 is 4.90 Å². The smallest absolute Gasteiger partial charge is 0.0470 e. The van der Waals surface area contributed by atoms with Crippen molar-refractivity contribution in [2.75, 3.05) is 4.90 Å². The van der Waals surface area contributed by atoms with Crippen LogP contribution in [0.5, 0.6) is 0 Å². The average molecular weight is 722 g/mol. The van der Waals surface area contributed by atoms with E-state index in [4.69, 9.17) is 0 Å². The Morgan fingerprint density at radius 1 is 0.429 bits per heavy atom. The second kappa shape index (κ2) is 14.2. The largest absolute Gasteiger partial charge is 0.310 e. The zero-order valence-electron chi connectivity index (χ0n) is 32.4. The number of hydrogen-bond acceptors (Lipinski definition) is 1. The van der Waals surface area contributed by atoms with E-state index < -0.39 is 0 Å². The van der Waals surface area contributed by atoms with Gasteiger partial charge in [-0.1, -0.05) is 179 Å². The Hall–Kier alpha value is -6.18. The summed E-state index contributed by atoms with van der Waals surface area (Å²) in [5.41, 5.74) is 17.8. The van der Waals surface area contributed by atoms with Gasteiger partial charge in [-0.05, 0) is 127 Å². The molecule has 0 unspecified atom stereocenters. The quantitative estimate of drug-likeness (QED) is 0.158. The van der Waals surface area contributed by atoms with Crippen LogP contribution in [0.4, 0.5) is 17.1 Å². The lowest BCUT2D eigenvalue weighted by Crippen LogP contribution is -2.17. The number of nitrogens with zero attached hydrogens (tertiary/aromatic N) is 1. The Labute approximate surface area is 331 Å². The normalized spacial score (nSPS) is 14.7. The van der Waals surface area contributed by atoms with Gasteiger partial charge >= 0.3 is 0 Å². The van der Waals surface area contributed by atoms with Crippen LogP contribution in [0.1, 0.15) is 68.6 Å². The lowest BCUT2D eigenvalue weighted by molar-refractivity contribution is 0.445. The highest BCUT2D eigenvalue weighted by Crippen LogP contribution is 2.51. The van der Waals surface area contributed by atoms with Gasteiger partial charge in [-0.15, -0.1) is 0 Å². The highest BCUT2D eigenvalue weighted by atomic mass is 15.1. The van der Waals surface area contributed by atoms with Gasteiger partial charge in [0.25, 0.3) is 0 Å². The molecule has 1 saturated carbocycles. The fourth-order valence-corrected chi connectivity index (χ4v) is 9.84. The maximum absolute atomic E-state index is 2.53. The van der Waals surface area contributed by atoms with Crippen molar-refractivity contribution in [3.63, 3.8) is 0 Å². The fraction of sp³-hybridized carbons (Fsp3) is 0.164. The van der Waals surface area contributed by atoms with Crippen molar-refractivity contribution in [1.29, 1.82) is 0 Å². The van der Waals surface area contributed by atoms with Crippen LogP contribution in [-0.2, 0) is 5.41 Å². The fourth-order valence-electron chi connectivity index (χ4n) is 9.84. The van der Waals surface area contributed by atoms with Crippen molar-refractivity contribution in [1.82, 2.24) is 0 Å². The first-order valence-electron chi connectivity index (χ1n) is 20.5. The Balaban J connectivity index is 1.16. The van der Waals surface area contributed by atoms with Gasteiger partial charge in [0.2, 0.25) is 0 Å². The molecule has 1 fully saturated rings. The molecule has 0 atom stereocenters. The summed E-state index contributed by atoms with van der Waals surface area (Å²) in [5, 5.41) is 2.71. The van der Waals surface area contributed by atoms with Crippen LogP contribution in [0, 0.1) is 0 Å². The van der Waals surface area contributed by atoms with Crippen LogP contribution in [-0.4, -0.2) is 0 Å². The Morgan fingerprint density at radius 2 is 1.02 bits per heavy atom. The van der Waals surface area contributed by atoms with Crippen LogP contribution in [0.15, 0.2) is 182 Å². The monoisotopic (exact) mass is 721 g/mol. The number of fused-ring (bicyclic) bond motifs is 4. The number of rotatable bonds is 7. The molecule has 10 rings (SSSR count). The molecule has 8 aromatic rings. The van der Waals surface area contributed by atoms with Crippen LogP contribution in [0.3, 0.4) is 0 Å². The third kappa shape index (κ3) is 5.94. The maximum atomic E-state index is 2.53. The Bertz CT molecular complexity index is 2620. The van der Waals surface area contributed by atoms with Crippen LogP contribution < -0.4 is 4.90 Å². The molecule has 0 spiro atoms. The van der Waals surface area contributed by atoms with E-state index in [0.29, 0.717) is 5.92 Å². The summed E-state index contributed by atoms with van der Waals surface area (Å²) in [6.07, 6.45) is 6.49. The zero-order chi connectivity index (χ0) is 37.6. The minimum Gasteiger partial charge on any atom is -0.310 e. The maximum Gasteiger partial charge on any atom is 0.0470 e. The molecule has 2 aliphatic carbocycles. The molecule has 0 aliphatic heterocycles. The van der Waals surface area contributed by atoms with E-state index in [-0.39, 0.29) is 5.41 Å². The number of anilines is 3. The van der Waals surface area contributed by atoms with E-state index in [1.807, 2.05) is 0 Å². The molecule has 0 saturated heterocycles. The molecule has 0 heterocycles. The standard InChI is InChI=1S/C55H47N/c1-55(2)52-28-15-14-25-49(52)50-34-33-44(37-53(50)55)56(45-35-42-23-12-13-24-46(42)51(36-45)40-21-10-5-11-22-40)43-31-29-41(30-32-43)54-47(38-17-6-3-7-18-38)26-16-27-48(54)39-19-8-4-9-20-39/h3-4,6-9,12-20,23-37,40H,5,10-11,21-22H2,1-2H3. The Morgan fingerprint density at radius 3 is 1.73 bits per heavy atom. The molecule has 56 heavy (non-hydrogen) atoms. The van der Waals surface area contributed by atoms with Gasteiger partial charge in [0.15, 0.2) is 0 Å². The summed E-state index contributed by atoms with van der Waals surface area (Å²) in [6, 6.07) is 67.8. The van der Waals surface area contributed by atoms with E-state index in [1.165, 1.54) is 115 Å². The highest BCUT2D eigenvalue weighted by molar-refractivity contribution is 5.96. The zero-order valence-corrected chi connectivity index (χ0v) is 32.4. The SMILES string of the molecule is CC1(C)c2ccccc2-c2ccc(N(c3ccc(-c4c(-c5ccccc5)cccc4-c4ccccc4)cc3)c3cc(C4CCCCC4)c4ccccc4c3)cc21. The van der Waals surface area contributed by atoms with Gasteiger partial charge in [-0.25, -0.2) is 0 Å². The lowest BCUT2D eigenvalue weighted by atomic mass is 9.81. The molecule has 1 heteroatoms. The molecule has 0 amide bonds. The van der Waals surface area contributed by atoms with Crippen LogP contribution in [0.25, 0.3) is 55.3 Å². The van der Waals surface area contributed by atoms with E-state index in [0.717, 1.165) is 5.69 Å². The summed E-state index contributed by atoms with van der Waals surface area (Å²) >= 11 is 0. The molecule has 0 N–H and O–H groups in total.